The molecule has 4 nitrogen and oxygen atoms in total. The van der Waals surface area contributed by atoms with Crippen LogP contribution < -0.4 is 0 Å². The zero-order chi connectivity index (χ0) is 20.2. The Kier molecular flexibility index (Phi) is 24.6. The Morgan fingerprint density at radius 3 is 1.16 bits per heavy atom. The van der Waals surface area contributed by atoms with Crippen molar-refractivity contribution in [3.63, 3.8) is 0 Å². The van der Waals surface area contributed by atoms with E-state index >= 15 is 0 Å². The van der Waals surface area contributed by atoms with Crippen LogP contribution >= 0.6 is 0 Å². The van der Waals surface area contributed by atoms with Crippen molar-refractivity contribution in [2.24, 2.45) is 6.99 Å². The summed E-state index contributed by atoms with van der Waals surface area (Å²) in [6.45, 7) is 19.5. The molecule has 25 heavy (non-hydrogen) atoms. The van der Waals surface area contributed by atoms with Crippen molar-refractivity contribution in [2.75, 3.05) is 27.2 Å². The Balaban J connectivity index is -0.000000336. The Labute approximate surface area is 168 Å². The van der Waals surface area contributed by atoms with Gasteiger partial charge < -0.3 is 10.6 Å². The molecule has 0 bridgehead atoms. The maximum absolute atomic E-state index is 4.67. The summed E-state index contributed by atoms with van der Waals surface area (Å²) in [5.41, 5.74) is 0.297. The third kappa shape index (κ3) is 29.2. The van der Waals surface area contributed by atoms with Gasteiger partial charge in [-0.15, -0.1) is 13.1 Å². The molecule has 0 heterocycles. The molecule has 0 fully saturated rings. The molecule has 0 unspecified atom stereocenters. The molecule has 0 atom stereocenters. The van der Waals surface area contributed by atoms with E-state index in [2.05, 4.69) is 73.0 Å². The SMILES string of the molecule is CCC(C)(C)[N]=[Mo+2]=[N]C(C)(C)CC.CCCC[N-]C.CCCC[N-]C. The average Bonchev–Trinajstić information content (AvgIpc) is 2.59. The van der Waals surface area contributed by atoms with Gasteiger partial charge >= 0.3 is 90.7 Å². The topological polar surface area (TPSA) is 52.9 Å². The van der Waals surface area contributed by atoms with Crippen molar-refractivity contribution in [2.45, 2.75) is 105 Å². The molecule has 152 valence electrons. The molecule has 0 amide bonds. The zero-order valence-corrected chi connectivity index (χ0v) is 20.9. The van der Waals surface area contributed by atoms with E-state index in [9.17, 15) is 0 Å². The van der Waals surface area contributed by atoms with Crippen LogP contribution in [0.25, 0.3) is 10.6 Å². The third-order valence-electron chi connectivity index (χ3n) is 3.78. The maximum atomic E-state index is 4.67. The van der Waals surface area contributed by atoms with Gasteiger partial charge in [-0.3, -0.25) is 0 Å². The molecular weight excluding hydrogens is 392 g/mol. The van der Waals surface area contributed by atoms with E-state index in [1.54, 1.807) is 0 Å². The van der Waals surface area contributed by atoms with Crippen LogP contribution in [0.2, 0.25) is 0 Å². The van der Waals surface area contributed by atoms with Crippen molar-refractivity contribution >= 4 is 0 Å². The first-order valence-corrected chi connectivity index (χ1v) is 11.7. The van der Waals surface area contributed by atoms with Crippen LogP contribution in [0.15, 0.2) is 6.99 Å². The van der Waals surface area contributed by atoms with Crippen LogP contribution in [0.1, 0.15) is 93.9 Å². The quantitative estimate of drug-likeness (QED) is 0.252. The van der Waals surface area contributed by atoms with Crippen molar-refractivity contribution < 1.29 is 18.2 Å². The standard InChI is InChI=1S/2C5H11N.2C5H12N.Mo/c2*1-4-5(2,3)6;2*1-3-4-5-6-2;/h2*4H2,1-3H3;2*3-5H2,1-2H3;/q;;2*-1;+2. The van der Waals surface area contributed by atoms with E-state index in [1.165, 1.54) is 25.7 Å². The van der Waals surface area contributed by atoms with E-state index in [0.29, 0.717) is 0 Å². The van der Waals surface area contributed by atoms with Crippen molar-refractivity contribution in [1.82, 2.24) is 0 Å². The molecule has 0 aromatic carbocycles. The van der Waals surface area contributed by atoms with Gasteiger partial charge in [0.1, 0.15) is 0 Å². The van der Waals surface area contributed by atoms with Gasteiger partial charge in [-0.1, -0.05) is 39.5 Å². The Morgan fingerprint density at radius 2 is 1.00 bits per heavy atom. The van der Waals surface area contributed by atoms with Gasteiger partial charge in [0, 0.05) is 0 Å². The molecule has 0 radical (unpaired) electrons. The zero-order valence-electron chi connectivity index (χ0n) is 18.9. The van der Waals surface area contributed by atoms with Crippen LogP contribution in [0.5, 0.6) is 0 Å². The summed E-state index contributed by atoms with van der Waals surface area (Å²) in [6, 6.07) is 0. The fraction of sp³-hybridized carbons (Fsp3) is 1.00. The summed E-state index contributed by atoms with van der Waals surface area (Å²) in [7, 11) is 3.71. The summed E-state index contributed by atoms with van der Waals surface area (Å²) >= 11 is -0.492. The van der Waals surface area contributed by atoms with E-state index in [0.717, 1.165) is 25.9 Å². The van der Waals surface area contributed by atoms with E-state index in [4.69, 9.17) is 0 Å². The largest absolute Gasteiger partial charge is 0.665 e. The van der Waals surface area contributed by atoms with Crippen LogP contribution in [0.3, 0.4) is 0 Å². The van der Waals surface area contributed by atoms with Crippen LogP contribution in [-0.4, -0.2) is 38.3 Å². The van der Waals surface area contributed by atoms with Gasteiger partial charge in [-0.25, -0.2) is 0 Å². The molecule has 5 heteroatoms. The van der Waals surface area contributed by atoms with Gasteiger partial charge in [0.15, 0.2) is 0 Å². The molecule has 0 saturated carbocycles. The fourth-order valence-electron chi connectivity index (χ4n) is 1.00. The molecule has 0 aliphatic carbocycles. The maximum Gasteiger partial charge on any atom is -0.0578 e. The summed E-state index contributed by atoms with van der Waals surface area (Å²) in [5.74, 6) is 0. The Bertz CT molecular complexity index is 286. The van der Waals surface area contributed by atoms with Gasteiger partial charge in [0.25, 0.3) is 0 Å². The second-order valence-corrected chi connectivity index (χ2v) is 8.68. The number of hydrogen-bond donors (Lipinski definition) is 0. The van der Waals surface area contributed by atoms with Crippen LogP contribution in [0, 0.1) is 0 Å². The summed E-state index contributed by atoms with van der Waals surface area (Å²) < 4.78 is 9.34. The van der Waals surface area contributed by atoms with E-state index in [1.807, 2.05) is 14.1 Å². The fourth-order valence-corrected chi connectivity index (χ4v) is 2.82. The molecule has 0 aromatic rings. The minimum atomic E-state index is -0.492. The van der Waals surface area contributed by atoms with E-state index < -0.39 is 18.2 Å². The molecule has 0 N–H and O–H groups in total. The minimum absolute atomic E-state index is 0.148. The monoisotopic (exact) mass is 440 g/mol. The molecule has 0 aliphatic rings. The summed E-state index contributed by atoms with van der Waals surface area (Å²) in [4.78, 5) is 0. The minimum Gasteiger partial charge on any atom is -0.665 e. The molecule has 0 saturated heterocycles. The van der Waals surface area contributed by atoms with Gasteiger partial charge in [-0.2, -0.15) is 14.1 Å². The number of nitrogens with zero attached hydrogens (tertiary/aromatic N) is 4. The van der Waals surface area contributed by atoms with Crippen LogP contribution in [0.4, 0.5) is 0 Å². The second kappa shape index (κ2) is 20.5. The van der Waals surface area contributed by atoms with Gasteiger partial charge in [0.2, 0.25) is 0 Å². The predicted octanol–water partition coefficient (Wildman–Crippen LogP) is 7.39. The van der Waals surface area contributed by atoms with Crippen molar-refractivity contribution in [3.05, 3.63) is 10.6 Å². The molecular formula is C20H46MoN4. The number of unbranched alkanes of at least 4 members (excludes halogenated alkanes) is 2. The first-order valence-electron chi connectivity index (χ1n) is 9.87. The molecule has 0 aromatic heterocycles. The van der Waals surface area contributed by atoms with E-state index in [-0.39, 0.29) is 11.1 Å². The summed E-state index contributed by atoms with van der Waals surface area (Å²) in [6.07, 6.45) is 7.24. The first-order chi connectivity index (χ1) is 11.7. The number of rotatable bonds is 10. The van der Waals surface area contributed by atoms with Gasteiger partial charge in [-0.05, 0) is 0 Å². The summed E-state index contributed by atoms with van der Waals surface area (Å²) in [5, 5.41) is 7.85. The predicted molar refractivity (Wildman–Crippen MR) is 112 cm³/mol. The van der Waals surface area contributed by atoms with Gasteiger partial charge in [0.05, 0.1) is 0 Å². The molecule has 0 aliphatic heterocycles. The molecule has 0 rings (SSSR count). The second-order valence-electron chi connectivity index (χ2n) is 7.38. The normalized spacial score (nSPS) is 10.6. The third-order valence-corrected chi connectivity index (χ3v) is 6.61. The van der Waals surface area contributed by atoms with Crippen molar-refractivity contribution in [3.8, 4) is 0 Å². The molecule has 0 spiro atoms. The van der Waals surface area contributed by atoms with Crippen LogP contribution in [-0.2, 0) is 18.2 Å². The average molecular weight is 439 g/mol. The Morgan fingerprint density at radius 1 is 0.680 bits per heavy atom. The first kappa shape index (κ1) is 30.0. The smallest absolute Gasteiger partial charge is 0.0578 e. The van der Waals surface area contributed by atoms with Crippen molar-refractivity contribution in [1.29, 1.82) is 0 Å². The number of hydrogen-bond acceptors (Lipinski definition) is 2. The Hall–Kier alpha value is 0.208.